The lowest BCUT2D eigenvalue weighted by molar-refractivity contribution is 0.641. The molecule has 0 unspecified atom stereocenters. The zero-order valence-corrected chi connectivity index (χ0v) is 10.2. The van der Waals surface area contributed by atoms with Crippen LogP contribution in [0, 0.1) is 3.57 Å². The van der Waals surface area contributed by atoms with E-state index in [1.807, 2.05) is 0 Å². The van der Waals surface area contributed by atoms with Gasteiger partial charge in [-0.3, -0.25) is 0 Å². The topological polar surface area (TPSA) is 12.0 Å². The number of halogens is 1. The quantitative estimate of drug-likeness (QED) is 0.648. The molecule has 0 bridgehead atoms. The predicted molar refractivity (Wildman–Crippen MR) is 65.8 cm³/mol. The van der Waals surface area contributed by atoms with Crippen molar-refractivity contribution in [1.29, 1.82) is 0 Å². The van der Waals surface area contributed by atoms with Crippen molar-refractivity contribution in [2.45, 2.75) is 26.3 Å². The highest BCUT2D eigenvalue weighted by atomic mass is 127. The third-order valence-electron chi connectivity index (χ3n) is 1.95. The van der Waals surface area contributed by atoms with Crippen LogP contribution in [0.15, 0.2) is 24.3 Å². The predicted octanol–water partition coefficient (Wildman–Crippen LogP) is 3.18. The van der Waals surface area contributed by atoms with E-state index < -0.39 is 0 Å². The highest BCUT2D eigenvalue weighted by Crippen LogP contribution is 2.06. The van der Waals surface area contributed by atoms with Crippen molar-refractivity contribution in [3.63, 3.8) is 0 Å². The van der Waals surface area contributed by atoms with Crippen LogP contribution in [-0.4, -0.2) is 6.54 Å². The normalized spacial score (nSPS) is 10.3. The van der Waals surface area contributed by atoms with Crippen LogP contribution in [0.5, 0.6) is 0 Å². The molecule has 1 rings (SSSR count). The number of unbranched alkanes of at least 4 members (excludes halogenated alkanes) is 1. The third kappa shape index (κ3) is 4.62. The number of rotatable bonds is 5. The van der Waals surface area contributed by atoms with Crippen LogP contribution in [0.25, 0.3) is 0 Å². The molecule has 0 radical (unpaired) electrons. The van der Waals surface area contributed by atoms with Gasteiger partial charge in [0.05, 0.1) is 0 Å². The van der Waals surface area contributed by atoms with Gasteiger partial charge in [-0.15, -0.1) is 0 Å². The summed E-state index contributed by atoms with van der Waals surface area (Å²) in [4.78, 5) is 0. The number of hydrogen-bond donors (Lipinski definition) is 1. The summed E-state index contributed by atoms with van der Waals surface area (Å²) in [5.41, 5.74) is 1.37. The Labute approximate surface area is 94.1 Å². The summed E-state index contributed by atoms with van der Waals surface area (Å²) in [6, 6.07) is 8.66. The summed E-state index contributed by atoms with van der Waals surface area (Å²) >= 11 is 2.33. The Hall–Kier alpha value is -0.0900. The molecule has 0 fully saturated rings. The minimum atomic E-state index is 0.997. The van der Waals surface area contributed by atoms with Gasteiger partial charge in [-0.05, 0) is 53.3 Å². The Bertz CT molecular complexity index is 230. The van der Waals surface area contributed by atoms with Crippen molar-refractivity contribution < 1.29 is 0 Å². The second-order valence-corrected chi connectivity index (χ2v) is 4.40. The molecule has 0 saturated heterocycles. The molecule has 0 spiro atoms. The van der Waals surface area contributed by atoms with E-state index in [0.717, 1.165) is 13.1 Å². The summed E-state index contributed by atoms with van der Waals surface area (Å²) < 4.78 is 1.30. The lowest BCUT2D eigenvalue weighted by Crippen LogP contribution is -2.14. The van der Waals surface area contributed by atoms with Gasteiger partial charge in [-0.1, -0.05) is 25.5 Å². The molecule has 1 N–H and O–H groups in total. The van der Waals surface area contributed by atoms with E-state index >= 15 is 0 Å². The van der Waals surface area contributed by atoms with Gasteiger partial charge in [0, 0.05) is 10.1 Å². The van der Waals surface area contributed by atoms with Gasteiger partial charge >= 0.3 is 0 Å². The van der Waals surface area contributed by atoms with E-state index in [-0.39, 0.29) is 0 Å². The standard InChI is InChI=1S/C11H16IN/c1-2-3-8-13-9-10-4-6-11(12)7-5-10/h4-7,13H,2-3,8-9H2,1H3. The van der Waals surface area contributed by atoms with Crippen molar-refractivity contribution in [2.75, 3.05) is 6.54 Å². The minimum absolute atomic E-state index is 0.997. The second kappa shape index (κ2) is 6.38. The molecule has 13 heavy (non-hydrogen) atoms. The molecule has 0 heterocycles. The molecule has 0 amide bonds. The minimum Gasteiger partial charge on any atom is -0.313 e. The van der Waals surface area contributed by atoms with Gasteiger partial charge in [-0.25, -0.2) is 0 Å². The number of nitrogens with one attached hydrogen (secondary N) is 1. The Kier molecular flexibility index (Phi) is 5.39. The van der Waals surface area contributed by atoms with E-state index in [4.69, 9.17) is 0 Å². The monoisotopic (exact) mass is 289 g/mol. The smallest absolute Gasteiger partial charge is 0.0205 e. The van der Waals surface area contributed by atoms with E-state index in [1.165, 1.54) is 22.0 Å². The number of hydrogen-bond acceptors (Lipinski definition) is 1. The molecular formula is C11H16IN. The maximum atomic E-state index is 3.42. The largest absolute Gasteiger partial charge is 0.313 e. The Balaban J connectivity index is 2.25. The molecule has 1 aromatic carbocycles. The maximum Gasteiger partial charge on any atom is 0.0205 e. The van der Waals surface area contributed by atoms with E-state index in [1.54, 1.807) is 0 Å². The Morgan fingerprint density at radius 1 is 1.23 bits per heavy atom. The fourth-order valence-corrected chi connectivity index (χ4v) is 1.50. The molecule has 0 saturated carbocycles. The van der Waals surface area contributed by atoms with Crippen molar-refractivity contribution in [3.05, 3.63) is 33.4 Å². The second-order valence-electron chi connectivity index (χ2n) is 3.16. The lowest BCUT2D eigenvalue weighted by Gasteiger charge is -2.03. The molecule has 0 aromatic heterocycles. The van der Waals surface area contributed by atoms with Gasteiger partial charge in [0.1, 0.15) is 0 Å². The van der Waals surface area contributed by atoms with Crippen LogP contribution in [0.1, 0.15) is 25.3 Å². The van der Waals surface area contributed by atoms with Crippen LogP contribution in [0.3, 0.4) is 0 Å². The summed E-state index contributed by atoms with van der Waals surface area (Å²) in [6.07, 6.45) is 2.53. The van der Waals surface area contributed by atoms with Crippen molar-refractivity contribution >= 4 is 22.6 Å². The first-order valence-corrected chi connectivity index (χ1v) is 5.86. The Morgan fingerprint density at radius 3 is 2.54 bits per heavy atom. The van der Waals surface area contributed by atoms with E-state index in [9.17, 15) is 0 Å². The maximum absolute atomic E-state index is 3.42. The average Bonchev–Trinajstić information content (AvgIpc) is 2.15. The summed E-state index contributed by atoms with van der Waals surface area (Å²) in [5.74, 6) is 0. The molecule has 0 aliphatic heterocycles. The van der Waals surface area contributed by atoms with Crippen molar-refractivity contribution in [3.8, 4) is 0 Å². The van der Waals surface area contributed by atoms with Crippen molar-refractivity contribution in [1.82, 2.24) is 5.32 Å². The highest BCUT2D eigenvalue weighted by molar-refractivity contribution is 14.1. The van der Waals surface area contributed by atoms with Crippen LogP contribution >= 0.6 is 22.6 Å². The highest BCUT2D eigenvalue weighted by Gasteiger charge is 1.91. The molecule has 0 aliphatic rings. The van der Waals surface area contributed by atoms with Crippen molar-refractivity contribution in [2.24, 2.45) is 0 Å². The lowest BCUT2D eigenvalue weighted by atomic mass is 10.2. The zero-order chi connectivity index (χ0) is 9.52. The van der Waals surface area contributed by atoms with Crippen LogP contribution < -0.4 is 5.32 Å². The van der Waals surface area contributed by atoms with Crippen LogP contribution in [0.2, 0.25) is 0 Å². The molecule has 72 valence electrons. The zero-order valence-electron chi connectivity index (χ0n) is 8.02. The van der Waals surface area contributed by atoms with Crippen LogP contribution in [0.4, 0.5) is 0 Å². The third-order valence-corrected chi connectivity index (χ3v) is 2.67. The van der Waals surface area contributed by atoms with Gasteiger partial charge in [0.2, 0.25) is 0 Å². The van der Waals surface area contributed by atoms with Gasteiger partial charge in [0.25, 0.3) is 0 Å². The molecular weight excluding hydrogens is 273 g/mol. The summed E-state index contributed by atoms with van der Waals surface area (Å²) in [7, 11) is 0. The summed E-state index contributed by atoms with van der Waals surface area (Å²) in [6.45, 7) is 4.34. The molecule has 1 nitrogen and oxygen atoms in total. The fraction of sp³-hybridized carbons (Fsp3) is 0.455. The summed E-state index contributed by atoms with van der Waals surface area (Å²) in [5, 5.41) is 3.42. The molecule has 2 heteroatoms. The molecule has 0 atom stereocenters. The SMILES string of the molecule is CCCCNCc1ccc(I)cc1. The Morgan fingerprint density at radius 2 is 1.92 bits per heavy atom. The van der Waals surface area contributed by atoms with Gasteiger partial charge in [-0.2, -0.15) is 0 Å². The van der Waals surface area contributed by atoms with E-state index in [0.29, 0.717) is 0 Å². The fourth-order valence-electron chi connectivity index (χ4n) is 1.14. The first-order valence-electron chi connectivity index (χ1n) is 4.78. The molecule has 1 aromatic rings. The number of benzene rings is 1. The first kappa shape index (κ1) is 11.0. The average molecular weight is 289 g/mol. The first-order chi connectivity index (χ1) is 6.33. The van der Waals surface area contributed by atoms with Gasteiger partial charge < -0.3 is 5.32 Å². The molecule has 0 aliphatic carbocycles. The van der Waals surface area contributed by atoms with Gasteiger partial charge in [0.15, 0.2) is 0 Å². The van der Waals surface area contributed by atoms with Crippen LogP contribution in [-0.2, 0) is 6.54 Å². The van der Waals surface area contributed by atoms with E-state index in [2.05, 4.69) is 59.1 Å².